The van der Waals surface area contributed by atoms with E-state index in [2.05, 4.69) is 0 Å². The lowest BCUT2D eigenvalue weighted by Crippen LogP contribution is -2.25. The maximum absolute atomic E-state index is 11.9. The van der Waals surface area contributed by atoms with Crippen LogP contribution in [0.15, 0.2) is 22.3 Å². The fourth-order valence-electron chi connectivity index (χ4n) is 2.35. The van der Waals surface area contributed by atoms with E-state index >= 15 is 0 Å². The summed E-state index contributed by atoms with van der Waals surface area (Å²) in [5.74, 6) is -1.90. The second kappa shape index (κ2) is 3.51. The molecule has 0 aromatic rings. The standard InChI is InChI=1S/C13H14O3/c1-6-4-9-10(5-7(6)2)13(16)11(8(3)14)12(9)15/h11H,4-5H2,1-3H3. The summed E-state index contributed by atoms with van der Waals surface area (Å²) < 4.78 is 0. The number of allylic oxidation sites excluding steroid dienone is 4. The Morgan fingerprint density at radius 1 is 1.00 bits per heavy atom. The molecule has 0 amide bonds. The zero-order chi connectivity index (χ0) is 12.0. The summed E-state index contributed by atoms with van der Waals surface area (Å²) in [4.78, 5) is 35.1. The van der Waals surface area contributed by atoms with E-state index in [9.17, 15) is 14.4 Å². The highest BCUT2D eigenvalue weighted by Crippen LogP contribution is 2.38. The summed E-state index contributed by atoms with van der Waals surface area (Å²) in [6.07, 6.45) is 1.07. The van der Waals surface area contributed by atoms with Crippen LogP contribution in [-0.2, 0) is 14.4 Å². The van der Waals surface area contributed by atoms with Crippen molar-refractivity contribution in [2.45, 2.75) is 33.6 Å². The summed E-state index contributed by atoms with van der Waals surface area (Å²) in [6, 6.07) is 0. The molecule has 3 heteroatoms. The first-order valence-corrected chi connectivity index (χ1v) is 5.39. The van der Waals surface area contributed by atoms with Crippen molar-refractivity contribution in [1.29, 1.82) is 0 Å². The molecular weight excluding hydrogens is 204 g/mol. The van der Waals surface area contributed by atoms with Crippen molar-refractivity contribution in [2.75, 3.05) is 0 Å². The number of ketones is 3. The molecule has 16 heavy (non-hydrogen) atoms. The average molecular weight is 218 g/mol. The molecule has 0 N–H and O–H groups in total. The SMILES string of the molecule is CC(=O)C1C(=O)C2=C(CC(C)=C(C)C2)C1=O. The molecular formula is C13H14O3. The van der Waals surface area contributed by atoms with E-state index < -0.39 is 5.92 Å². The van der Waals surface area contributed by atoms with Crippen molar-refractivity contribution < 1.29 is 14.4 Å². The molecule has 3 nitrogen and oxygen atoms in total. The molecule has 0 radical (unpaired) electrons. The van der Waals surface area contributed by atoms with Gasteiger partial charge >= 0.3 is 0 Å². The van der Waals surface area contributed by atoms with Gasteiger partial charge in [0.2, 0.25) is 0 Å². The second-order valence-corrected chi connectivity index (χ2v) is 4.64. The molecule has 0 spiro atoms. The van der Waals surface area contributed by atoms with E-state index in [0.29, 0.717) is 24.0 Å². The maximum atomic E-state index is 11.9. The summed E-state index contributed by atoms with van der Waals surface area (Å²) >= 11 is 0. The Labute approximate surface area is 94.2 Å². The molecule has 2 rings (SSSR count). The van der Waals surface area contributed by atoms with Crippen LogP contribution >= 0.6 is 0 Å². The Morgan fingerprint density at radius 3 is 1.69 bits per heavy atom. The van der Waals surface area contributed by atoms with Crippen LogP contribution in [0.2, 0.25) is 0 Å². The van der Waals surface area contributed by atoms with Crippen molar-refractivity contribution in [1.82, 2.24) is 0 Å². The quantitative estimate of drug-likeness (QED) is 0.498. The fourth-order valence-corrected chi connectivity index (χ4v) is 2.35. The number of Topliss-reactive ketones (excluding diaryl/α,β-unsaturated/α-hetero) is 3. The maximum Gasteiger partial charge on any atom is 0.177 e. The molecule has 0 bridgehead atoms. The monoisotopic (exact) mass is 218 g/mol. The van der Waals surface area contributed by atoms with Crippen LogP contribution in [0, 0.1) is 5.92 Å². The molecule has 2 aliphatic rings. The predicted molar refractivity (Wildman–Crippen MR) is 58.8 cm³/mol. The van der Waals surface area contributed by atoms with E-state index in [0.717, 1.165) is 11.1 Å². The van der Waals surface area contributed by atoms with Gasteiger partial charge in [0, 0.05) is 11.1 Å². The molecule has 0 saturated heterocycles. The largest absolute Gasteiger partial charge is 0.299 e. The first-order chi connectivity index (χ1) is 7.43. The molecule has 0 fully saturated rings. The Hall–Kier alpha value is -1.51. The summed E-state index contributed by atoms with van der Waals surface area (Å²) in [5, 5.41) is 0. The van der Waals surface area contributed by atoms with Crippen molar-refractivity contribution in [3.63, 3.8) is 0 Å². The van der Waals surface area contributed by atoms with Gasteiger partial charge in [-0.25, -0.2) is 0 Å². The minimum absolute atomic E-state index is 0.264. The number of hydrogen-bond acceptors (Lipinski definition) is 3. The average Bonchev–Trinajstić information content (AvgIpc) is 2.41. The molecule has 2 aliphatic carbocycles. The highest BCUT2D eigenvalue weighted by Gasteiger charge is 2.44. The van der Waals surface area contributed by atoms with Gasteiger partial charge in [-0.1, -0.05) is 11.1 Å². The third kappa shape index (κ3) is 1.39. The van der Waals surface area contributed by atoms with Gasteiger partial charge in [0.25, 0.3) is 0 Å². The van der Waals surface area contributed by atoms with Crippen molar-refractivity contribution in [3.05, 3.63) is 22.3 Å². The Bertz CT molecular complexity index is 441. The fraction of sp³-hybridized carbons (Fsp3) is 0.462. The van der Waals surface area contributed by atoms with Gasteiger partial charge in [0.1, 0.15) is 11.7 Å². The number of hydrogen-bond donors (Lipinski definition) is 0. The molecule has 0 saturated carbocycles. The molecule has 0 aliphatic heterocycles. The van der Waals surface area contributed by atoms with E-state index in [1.807, 2.05) is 13.8 Å². The van der Waals surface area contributed by atoms with Crippen LogP contribution in [0.3, 0.4) is 0 Å². The first-order valence-electron chi connectivity index (χ1n) is 5.39. The summed E-state index contributed by atoms with van der Waals surface area (Å²) in [7, 11) is 0. The minimum Gasteiger partial charge on any atom is -0.299 e. The molecule has 84 valence electrons. The van der Waals surface area contributed by atoms with Crippen LogP contribution in [0.25, 0.3) is 0 Å². The lowest BCUT2D eigenvalue weighted by atomic mass is 9.89. The van der Waals surface area contributed by atoms with E-state index in [1.54, 1.807) is 0 Å². The van der Waals surface area contributed by atoms with Gasteiger partial charge in [-0.3, -0.25) is 14.4 Å². The van der Waals surface area contributed by atoms with Gasteiger partial charge in [0.15, 0.2) is 11.6 Å². The van der Waals surface area contributed by atoms with E-state index in [-0.39, 0.29) is 17.3 Å². The molecule has 0 unspecified atom stereocenters. The van der Waals surface area contributed by atoms with Crippen LogP contribution in [0.5, 0.6) is 0 Å². The zero-order valence-corrected chi connectivity index (χ0v) is 9.72. The predicted octanol–water partition coefficient (Wildman–Crippen LogP) is 1.77. The number of carbonyl (C=O) groups excluding carboxylic acids is 3. The van der Waals surface area contributed by atoms with Gasteiger partial charge in [-0.05, 0) is 33.6 Å². The smallest absolute Gasteiger partial charge is 0.177 e. The van der Waals surface area contributed by atoms with Crippen molar-refractivity contribution >= 4 is 17.3 Å². The molecule has 0 heterocycles. The first kappa shape index (κ1) is 11.0. The molecule has 0 aromatic carbocycles. The van der Waals surface area contributed by atoms with Crippen LogP contribution in [-0.4, -0.2) is 17.3 Å². The topological polar surface area (TPSA) is 51.2 Å². The minimum atomic E-state index is -1.04. The second-order valence-electron chi connectivity index (χ2n) is 4.64. The number of carbonyl (C=O) groups is 3. The Morgan fingerprint density at radius 2 is 1.38 bits per heavy atom. The van der Waals surface area contributed by atoms with Crippen LogP contribution in [0.4, 0.5) is 0 Å². The normalized spacial score (nSPS) is 21.9. The van der Waals surface area contributed by atoms with Gasteiger partial charge in [-0.2, -0.15) is 0 Å². The third-order valence-corrected chi connectivity index (χ3v) is 3.50. The lowest BCUT2D eigenvalue weighted by molar-refractivity contribution is -0.134. The zero-order valence-electron chi connectivity index (χ0n) is 9.72. The van der Waals surface area contributed by atoms with Crippen LogP contribution in [0.1, 0.15) is 33.6 Å². The highest BCUT2D eigenvalue weighted by atomic mass is 16.2. The lowest BCUT2D eigenvalue weighted by Gasteiger charge is -2.15. The summed E-state index contributed by atoms with van der Waals surface area (Å²) in [6.45, 7) is 5.25. The third-order valence-electron chi connectivity index (χ3n) is 3.50. The van der Waals surface area contributed by atoms with Gasteiger partial charge in [-0.15, -0.1) is 0 Å². The van der Waals surface area contributed by atoms with E-state index in [4.69, 9.17) is 0 Å². The number of rotatable bonds is 1. The highest BCUT2D eigenvalue weighted by molar-refractivity contribution is 6.34. The van der Waals surface area contributed by atoms with Gasteiger partial charge in [0.05, 0.1) is 0 Å². The molecule has 0 aromatic heterocycles. The van der Waals surface area contributed by atoms with Crippen molar-refractivity contribution in [3.8, 4) is 0 Å². The molecule has 0 atom stereocenters. The van der Waals surface area contributed by atoms with Crippen molar-refractivity contribution in [2.24, 2.45) is 5.92 Å². The van der Waals surface area contributed by atoms with E-state index in [1.165, 1.54) is 6.92 Å². The van der Waals surface area contributed by atoms with Gasteiger partial charge < -0.3 is 0 Å². The van der Waals surface area contributed by atoms with Crippen LogP contribution < -0.4 is 0 Å². The Balaban J connectivity index is 2.40. The summed E-state index contributed by atoms with van der Waals surface area (Å²) in [5.41, 5.74) is 3.44. The Kier molecular flexibility index (Phi) is 2.41.